The quantitative estimate of drug-likeness (QED) is 0.857. The molecule has 1 amide bonds. The summed E-state index contributed by atoms with van der Waals surface area (Å²) in [6.07, 6.45) is 3.37. The molecule has 1 saturated heterocycles. The molecule has 6 heteroatoms. The van der Waals surface area contributed by atoms with Crippen LogP contribution < -0.4 is 0 Å². The number of hydrogen-bond donors (Lipinski definition) is 1. The molecule has 2 heterocycles. The fourth-order valence-corrected chi connectivity index (χ4v) is 2.87. The summed E-state index contributed by atoms with van der Waals surface area (Å²) in [5.74, 6) is -2.18. The largest absolute Gasteiger partial charge is 0.479 e. The summed E-state index contributed by atoms with van der Waals surface area (Å²) in [4.78, 5) is 28.9. The summed E-state index contributed by atoms with van der Waals surface area (Å²) in [7, 11) is 0. The number of amides is 1. The Morgan fingerprint density at radius 1 is 1.55 bits per heavy atom. The van der Waals surface area contributed by atoms with E-state index in [0.717, 1.165) is 6.07 Å². The minimum atomic E-state index is -1.16. The summed E-state index contributed by atoms with van der Waals surface area (Å²) in [5, 5.41) is 9.54. The molecule has 1 fully saturated rings. The number of pyridine rings is 1. The number of aliphatic carboxylic acids is 1. The molecule has 0 aliphatic carbocycles. The normalized spacial score (nSPS) is 22.0. The van der Waals surface area contributed by atoms with Gasteiger partial charge in [-0.3, -0.25) is 4.79 Å². The second-order valence-electron chi connectivity index (χ2n) is 5.01. The zero-order valence-corrected chi connectivity index (χ0v) is 11.3. The Morgan fingerprint density at radius 2 is 2.30 bits per heavy atom. The van der Waals surface area contributed by atoms with Gasteiger partial charge in [0.05, 0.1) is 0 Å². The van der Waals surface area contributed by atoms with Crippen molar-refractivity contribution in [1.82, 2.24) is 9.88 Å². The third kappa shape index (κ3) is 2.37. The predicted molar refractivity (Wildman–Crippen MR) is 69.7 cm³/mol. The molecular weight excluding hydrogens is 263 g/mol. The van der Waals surface area contributed by atoms with E-state index in [2.05, 4.69) is 4.98 Å². The predicted octanol–water partition coefficient (Wildman–Crippen LogP) is 2.08. The lowest BCUT2D eigenvalue weighted by Gasteiger charge is -2.34. The molecule has 2 rings (SSSR count). The van der Waals surface area contributed by atoms with Crippen molar-refractivity contribution < 1.29 is 19.1 Å². The van der Waals surface area contributed by atoms with E-state index in [9.17, 15) is 19.1 Å². The molecule has 1 aliphatic heterocycles. The molecule has 20 heavy (non-hydrogen) atoms. The van der Waals surface area contributed by atoms with E-state index < -0.39 is 23.4 Å². The third-order valence-electron chi connectivity index (χ3n) is 3.77. The minimum absolute atomic E-state index is 0.140. The van der Waals surface area contributed by atoms with E-state index in [1.807, 2.05) is 6.92 Å². The highest BCUT2D eigenvalue weighted by Crippen LogP contribution is 2.35. The topological polar surface area (TPSA) is 70.5 Å². The van der Waals surface area contributed by atoms with Crippen LogP contribution in [0.4, 0.5) is 4.39 Å². The number of carbonyl (C=O) groups is 2. The van der Waals surface area contributed by atoms with Crippen molar-refractivity contribution >= 4 is 11.9 Å². The van der Waals surface area contributed by atoms with Crippen molar-refractivity contribution in [3.63, 3.8) is 0 Å². The zero-order chi connectivity index (χ0) is 14.8. The van der Waals surface area contributed by atoms with E-state index in [-0.39, 0.29) is 5.56 Å². The standard InChI is InChI=1S/C14H17FN2O3/c1-2-5-14(13(19)20)6-3-8-17(14)12(18)10-4-7-16-11(15)9-10/h4,7,9H,2-3,5-6,8H2,1H3,(H,19,20). The summed E-state index contributed by atoms with van der Waals surface area (Å²) in [6, 6.07) is 2.45. The highest BCUT2D eigenvalue weighted by atomic mass is 19.1. The minimum Gasteiger partial charge on any atom is -0.479 e. The van der Waals surface area contributed by atoms with Crippen LogP contribution in [0.5, 0.6) is 0 Å². The van der Waals surface area contributed by atoms with Gasteiger partial charge in [0.15, 0.2) is 0 Å². The van der Waals surface area contributed by atoms with Gasteiger partial charge in [-0.05, 0) is 25.3 Å². The molecule has 0 radical (unpaired) electrons. The Balaban J connectivity index is 2.34. The van der Waals surface area contributed by atoms with Gasteiger partial charge < -0.3 is 10.0 Å². The summed E-state index contributed by atoms with van der Waals surface area (Å²) < 4.78 is 13.1. The molecule has 0 bridgehead atoms. The van der Waals surface area contributed by atoms with E-state index in [1.165, 1.54) is 17.2 Å². The first kappa shape index (κ1) is 14.4. The molecule has 0 spiro atoms. The van der Waals surface area contributed by atoms with Gasteiger partial charge in [-0.2, -0.15) is 4.39 Å². The van der Waals surface area contributed by atoms with Crippen LogP contribution in [0, 0.1) is 5.95 Å². The molecule has 1 N–H and O–H groups in total. The van der Waals surface area contributed by atoms with Crippen LogP contribution in [0.25, 0.3) is 0 Å². The van der Waals surface area contributed by atoms with Crippen molar-refractivity contribution in [2.45, 2.75) is 38.1 Å². The first-order chi connectivity index (χ1) is 9.51. The summed E-state index contributed by atoms with van der Waals surface area (Å²) in [5.41, 5.74) is -1.02. The molecule has 1 aromatic rings. The van der Waals surface area contributed by atoms with Crippen LogP contribution in [-0.4, -0.2) is 39.0 Å². The van der Waals surface area contributed by atoms with Crippen LogP contribution in [0.1, 0.15) is 43.0 Å². The third-order valence-corrected chi connectivity index (χ3v) is 3.77. The fourth-order valence-electron chi connectivity index (χ4n) is 2.87. The number of carboxylic acids is 1. The fraction of sp³-hybridized carbons (Fsp3) is 0.500. The van der Waals surface area contributed by atoms with Gasteiger partial charge in [0.2, 0.25) is 5.95 Å². The number of halogens is 1. The van der Waals surface area contributed by atoms with Crippen LogP contribution >= 0.6 is 0 Å². The van der Waals surface area contributed by atoms with Gasteiger partial charge in [0.25, 0.3) is 5.91 Å². The van der Waals surface area contributed by atoms with Crippen molar-refractivity contribution in [2.75, 3.05) is 6.54 Å². The molecular formula is C14H17FN2O3. The average molecular weight is 280 g/mol. The molecule has 1 unspecified atom stereocenters. The zero-order valence-electron chi connectivity index (χ0n) is 11.3. The number of carbonyl (C=O) groups excluding carboxylic acids is 1. The van der Waals surface area contributed by atoms with Crippen molar-refractivity contribution in [3.05, 3.63) is 29.8 Å². The van der Waals surface area contributed by atoms with E-state index in [4.69, 9.17) is 0 Å². The summed E-state index contributed by atoms with van der Waals surface area (Å²) >= 11 is 0. The van der Waals surface area contributed by atoms with Gasteiger partial charge in [-0.15, -0.1) is 0 Å². The first-order valence-corrected chi connectivity index (χ1v) is 6.68. The first-order valence-electron chi connectivity index (χ1n) is 6.68. The van der Waals surface area contributed by atoms with Gasteiger partial charge in [-0.1, -0.05) is 13.3 Å². The van der Waals surface area contributed by atoms with Crippen molar-refractivity contribution in [3.8, 4) is 0 Å². The number of aromatic nitrogens is 1. The SMILES string of the molecule is CCCC1(C(=O)O)CCCN1C(=O)c1ccnc(F)c1. The Kier molecular flexibility index (Phi) is 4.01. The van der Waals surface area contributed by atoms with Gasteiger partial charge in [-0.25, -0.2) is 9.78 Å². The Morgan fingerprint density at radius 3 is 2.90 bits per heavy atom. The van der Waals surface area contributed by atoms with E-state index in [1.54, 1.807) is 0 Å². The Bertz CT molecular complexity index is 535. The summed E-state index contributed by atoms with van der Waals surface area (Å²) in [6.45, 7) is 2.27. The maximum atomic E-state index is 13.1. The molecule has 0 aromatic carbocycles. The van der Waals surface area contributed by atoms with Crippen molar-refractivity contribution in [2.24, 2.45) is 0 Å². The molecule has 1 aromatic heterocycles. The number of likely N-dealkylation sites (tertiary alicyclic amines) is 1. The molecule has 1 atom stereocenters. The lowest BCUT2D eigenvalue weighted by molar-refractivity contribution is -0.148. The molecule has 5 nitrogen and oxygen atoms in total. The van der Waals surface area contributed by atoms with E-state index in [0.29, 0.717) is 32.2 Å². The number of nitrogens with zero attached hydrogens (tertiary/aromatic N) is 2. The van der Waals surface area contributed by atoms with Crippen molar-refractivity contribution in [1.29, 1.82) is 0 Å². The molecule has 1 aliphatic rings. The molecule has 0 saturated carbocycles. The maximum Gasteiger partial charge on any atom is 0.329 e. The van der Waals surface area contributed by atoms with Crippen LogP contribution in [0.2, 0.25) is 0 Å². The Hall–Kier alpha value is -1.98. The second-order valence-corrected chi connectivity index (χ2v) is 5.01. The number of carboxylic acid groups (broad SMARTS) is 1. The number of rotatable bonds is 4. The average Bonchev–Trinajstić information content (AvgIpc) is 2.83. The van der Waals surface area contributed by atoms with Gasteiger partial charge >= 0.3 is 5.97 Å². The highest BCUT2D eigenvalue weighted by Gasteiger charge is 2.49. The van der Waals surface area contributed by atoms with Gasteiger partial charge in [0, 0.05) is 24.4 Å². The smallest absolute Gasteiger partial charge is 0.329 e. The maximum absolute atomic E-state index is 13.1. The van der Waals surface area contributed by atoms with Crippen LogP contribution in [0.3, 0.4) is 0 Å². The lowest BCUT2D eigenvalue weighted by Crippen LogP contribution is -2.53. The number of hydrogen-bond acceptors (Lipinski definition) is 3. The molecule has 108 valence electrons. The highest BCUT2D eigenvalue weighted by molar-refractivity contribution is 5.98. The second kappa shape index (κ2) is 5.56. The van der Waals surface area contributed by atoms with Crippen LogP contribution in [0.15, 0.2) is 18.3 Å². The Labute approximate surface area is 116 Å². The van der Waals surface area contributed by atoms with E-state index >= 15 is 0 Å². The van der Waals surface area contributed by atoms with Gasteiger partial charge in [0.1, 0.15) is 5.54 Å². The lowest BCUT2D eigenvalue weighted by atomic mass is 9.90. The van der Waals surface area contributed by atoms with Crippen LogP contribution in [-0.2, 0) is 4.79 Å². The monoisotopic (exact) mass is 280 g/mol.